The molecule has 1 aliphatic rings. The maximum Gasteiger partial charge on any atom is 0.338 e. The fraction of sp³-hybridized carbons (Fsp3) is 0.188. The summed E-state index contributed by atoms with van der Waals surface area (Å²) in [6.07, 6.45) is 0.621. The maximum atomic E-state index is 13.5. The number of fused-ring (bicyclic) bond motifs is 1. The van der Waals surface area contributed by atoms with E-state index in [1.54, 1.807) is 0 Å². The second kappa shape index (κ2) is 5.44. The molecule has 21 heavy (non-hydrogen) atoms. The zero-order valence-corrected chi connectivity index (χ0v) is 11.1. The van der Waals surface area contributed by atoms with E-state index < -0.39 is 11.8 Å². The van der Waals surface area contributed by atoms with Crippen LogP contribution in [0.1, 0.15) is 15.9 Å². The van der Waals surface area contributed by atoms with Gasteiger partial charge in [-0.1, -0.05) is 18.2 Å². The standard InChI is InChI=1S/C16H13FO4/c17-14-8-11(5-6-13(14)16(18)19)20-9-12-7-10-3-1-2-4-15(10)21-12/h1-6,8,12H,7,9H2,(H,18,19). The van der Waals surface area contributed by atoms with Crippen LogP contribution in [0.4, 0.5) is 4.39 Å². The van der Waals surface area contributed by atoms with Crippen molar-refractivity contribution in [2.75, 3.05) is 6.61 Å². The van der Waals surface area contributed by atoms with Crippen molar-refractivity contribution in [2.24, 2.45) is 0 Å². The number of aromatic carboxylic acids is 1. The average Bonchev–Trinajstić information content (AvgIpc) is 2.87. The largest absolute Gasteiger partial charge is 0.490 e. The summed E-state index contributed by atoms with van der Waals surface area (Å²) in [6.45, 7) is 0.278. The van der Waals surface area contributed by atoms with Crippen LogP contribution in [-0.4, -0.2) is 23.8 Å². The number of para-hydroxylation sites is 1. The van der Waals surface area contributed by atoms with Crippen molar-refractivity contribution < 1.29 is 23.8 Å². The van der Waals surface area contributed by atoms with E-state index in [9.17, 15) is 9.18 Å². The van der Waals surface area contributed by atoms with Crippen molar-refractivity contribution in [3.05, 3.63) is 59.4 Å². The van der Waals surface area contributed by atoms with Gasteiger partial charge in [0.25, 0.3) is 0 Å². The SMILES string of the molecule is O=C(O)c1ccc(OCC2Cc3ccccc3O2)cc1F. The number of benzene rings is 2. The Balaban J connectivity index is 1.62. The van der Waals surface area contributed by atoms with Crippen LogP contribution in [0.15, 0.2) is 42.5 Å². The molecule has 0 aliphatic carbocycles. The first-order valence-corrected chi connectivity index (χ1v) is 6.53. The molecule has 1 aliphatic heterocycles. The number of halogens is 1. The van der Waals surface area contributed by atoms with E-state index in [0.29, 0.717) is 0 Å². The Morgan fingerprint density at radius 3 is 2.86 bits per heavy atom. The van der Waals surface area contributed by atoms with E-state index in [0.717, 1.165) is 23.8 Å². The van der Waals surface area contributed by atoms with Crippen LogP contribution in [0.2, 0.25) is 0 Å². The zero-order chi connectivity index (χ0) is 14.8. The molecule has 1 N–H and O–H groups in total. The lowest BCUT2D eigenvalue weighted by Gasteiger charge is -2.12. The summed E-state index contributed by atoms with van der Waals surface area (Å²) in [7, 11) is 0. The lowest BCUT2D eigenvalue weighted by molar-refractivity contribution is 0.0691. The van der Waals surface area contributed by atoms with Gasteiger partial charge in [-0.05, 0) is 23.8 Å². The highest BCUT2D eigenvalue weighted by Gasteiger charge is 2.23. The van der Waals surface area contributed by atoms with Crippen molar-refractivity contribution in [1.29, 1.82) is 0 Å². The summed E-state index contributed by atoms with van der Waals surface area (Å²) >= 11 is 0. The van der Waals surface area contributed by atoms with Crippen molar-refractivity contribution in [1.82, 2.24) is 0 Å². The summed E-state index contributed by atoms with van der Waals surface area (Å²) in [5.41, 5.74) is 0.755. The quantitative estimate of drug-likeness (QED) is 0.940. The number of carboxylic acid groups (broad SMARTS) is 1. The van der Waals surface area contributed by atoms with E-state index in [-0.39, 0.29) is 24.0 Å². The highest BCUT2D eigenvalue weighted by molar-refractivity contribution is 5.88. The van der Waals surface area contributed by atoms with Crippen LogP contribution in [0.5, 0.6) is 11.5 Å². The molecule has 0 radical (unpaired) electrons. The molecule has 0 saturated carbocycles. The lowest BCUT2D eigenvalue weighted by atomic mass is 10.1. The van der Waals surface area contributed by atoms with E-state index in [2.05, 4.69) is 0 Å². The highest BCUT2D eigenvalue weighted by Crippen LogP contribution is 2.28. The summed E-state index contributed by atoms with van der Waals surface area (Å²) in [5.74, 6) is -0.972. The molecule has 1 unspecified atom stereocenters. The van der Waals surface area contributed by atoms with Gasteiger partial charge in [0.2, 0.25) is 0 Å². The van der Waals surface area contributed by atoms with Crippen LogP contribution >= 0.6 is 0 Å². The van der Waals surface area contributed by atoms with Crippen LogP contribution < -0.4 is 9.47 Å². The average molecular weight is 288 g/mol. The fourth-order valence-electron chi connectivity index (χ4n) is 2.30. The smallest absolute Gasteiger partial charge is 0.338 e. The van der Waals surface area contributed by atoms with Gasteiger partial charge < -0.3 is 14.6 Å². The third-order valence-electron chi connectivity index (χ3n) is 3.32. The molecule has 0 saturated heterocycles. The lowest BCUT2D eigenvalue weighted by Crippen LogP contribution is -2.22. The van der Waals surface area contributed by atoms with Gasteiger partial charge in [0, 0.05) is 12.5 Å². The molecule has 1 heterocycles. The van der Waals surface area contributed by atoms with E-state index >= 15 is 0 Å². The highest BCUT2D eigenvalue weighted by atomic mass is 19.1. The molecule has 4 nitrogen and oxygen atoms in total. The molecular formula is C16H13FO4. The Morgan fingerprint density at radius 1 is 1.33 bits per heavy atom. The first-order chi connectivity index (χ1) is 10.1. The number of carboxylic acids is 1. The Morgan fingerprint density at radius 2 is 2.14 bits per heavy atom. The van der Waals surface area contributed by atoms with Gasteiger partial charge in [0.15, 0.2) is 0 Å². The predicted octanol–water partition coefficient (Wildman–Crippen LogP) is 2.91. The molecule has 3 rings (SSSR count). The monoisotopic (exact) mass is 288 g/mol. The number of rotatable bonds is 4. The maximum absolute atomic E-state index is 13.5. The van der Waals surface area contributed by atoms with Crippen molar-refractivity contribution in [3.8, 4) is 11.5 Å². The normalized spacial score (nSPS) is 16.1. The van der Waals surface area contributed by atoms with E-state index in [1.807, 2.05) is 24.3 Å². The number of carbonyl (C=O) groups is 1. The number of hydrogen-bond donors (Lipinski definition) is 1. The zero-order valence-electron chi connectivity index (χ0n) is 11.1. The second-order valence-electron chi connectivity index (χ2n) is 4.81. The van der Waals surface area contributed by atoms with Crippen molar-refractivity contribution in [2.45, 2.75) is 12.5 Å². The predicted molar refractivity (Wildman–Crippen MR) is 73.4 cm³/mol. The molecule has 2 aromatic carbocycles. The molecule has 1 atom stereocenters. The number of ether oxygens (including phenoxy) is 2. The van der Waals surface area contributed by atoms with Crippen molar-refractivity contribution in [3.63, 3.8) is 0 Å². The molecule has 0 bridgehead atoms. The second-order valence-corrected chi connectivity index (χ2v) is 4.81. The third kappa shape index (κ3) is 2.81. The van der Waals surface area contributed by atoms with E-state index in [1.165, 1.54) is 12.1 Å². The fourth-order valence-corrected chi connectivity index (χ4v) is 2.30. The van der Waals surface area contributed by atoms with Crippen molar-refractivity contribution >= 4 is 5.97 Å². The minimum absolute atomic E-state index is 0.121. The first kappa shape index (κ1) is 13.4. The molecule has 0 aromatic heterocycles. The van der Waals surface area contributed by atoms with Gasteiger partial charge >= 0.3 is 5.97 Å². The Bertz CT molecular complexity index is 659. The van der Waals surface area contributed by atoms with Gasteiger partial charge in [-0.2, -0.15) is 0 Å². The first-order valence-electron chi connectivity index (χ1n) is 6.53. The van der Waals surface area contributed by atoms with Gasteiger partial charge in [-0.3, -0.25) is 0 Å². The summed E-state index contributed by atoms with van der Waals surface area (Å²) in [6, 6.07) is 11.5. The minimum Gasteiger partial charge on any atom is -0.490 e. The number of hydrogen-bond acceptors (Lipinski definition) is 3. The summed E-state index contributed by atoms with van der Waals surface area (Å²) < 4.78 is 24.7. The molecule has 5 heteroatoms. The Kier molecular flexibility index (Phi) is 3.48. The molecule has 0 spiro atoms. The van der Waals surface area contributed by atoms with Crippen LogP contribution in [0, 0.1) is 5.82 Å². The molecule has 0 fully saturated rings. The van der Waals surface area contributed by atoms with Crippen LogP contribution in [0.25, 0.3) is 0 Å². The summed E-state index contributed by atoms with van der Waals surface area (Å²) in [5, 5.41) is 8.76. The van der Waals surface area contributed by atoms with Crippen LogP contribution in [-0.2, 0) is 6.42 Å². The Hall–Kier alpha value is -2.56. The van der Waals surface area contributed by atoms with Gasteiger partial charge in [-0.25, -0.2) is 9.18 Å². The van der Waals surface area contributed by atoms with Gasteiger partial charge in [-0.15, -0.1) is 0 Å². The molecule has 2 aromatic rings. The van der Waals surface area contributed by atoms with Gasteiger partial charge in [0.1, 0.15) is 30.0 Å². The molecule has 0 amide bonds. The topological polar surface area (TPSA) is 55.8 Å². The van der Waals surface area contributed by atoms with E-state index in [4.69, 9.17) is 14.6 Å². The third-order valence-corrected chi connectivity index (χ3v) is 3.32. The molecular weight excluding hydrogens is 275 g/mol. The summed E-state index contributed by atoms with van der Waals surface area (Å²) in [4.78, 5) is 10.7. The van der Waals surface area contributed by atoms with Crippen LogP contribution in [0.3, 0.4) is 0 Å². The van der Waals surface area contributed by atoms with Gasteiger partial charge in [0.05, 0.1) is 5.56 Å². The Labute approximate surface area is 120 Å². The molecule has 108 valence electrons. The minimum atomic E-state index is -1.30.